The van der Waals surface area contributed by atoms with Crippen LogP contribution in [0, 0.1) is 11.3 Å². The maximum atomic E-state index is 12.9. The molecule has 4 rings (SSSR count). The van der Waals surface area contributed by atoms with Crippen LogP contribution in [0.1, 0.15) is 23.5 Å². The van der Waals surface area contributed by atoms with Crippen molar-refractivity contribution in [2.75, 3.05) is 26.2 Å². The highest BCUT2D eigenvalue weighted by Gasteiger charge is 2.31. The molecular weight excluding hydrogens is 392 g/mol. The van der Waals surface area contributed by atoms with Gasteiger partial charge < -0.3 is 0 Å². The number of fused-ring (bicyclic) bond motifs is 1. The van der Waals surface area contributed by atoms with Crippen molar-refractivity contribution in [1.82, 2.24) is 14.2 Å². The molecule has 2 heterocycles. The van der Waals surface area contributed by atoms with E-state index < -0.39 is 10.0 Å². The molecule has 0 amide bonds. The van der Waals surface area contributed by atoms with Gasteiger partial charge in [0.25, 0.3) is 0 Å². The molecule has 0 bridgehead atoms. The largest absolute Gasteiger partial charge is 0.292 e. The predicted octanol–water partition coefficient (Wildman–Crippen LogP) is 3.24. The summed E-state index contributed by atoms with van der Waals surface area (Å²) in [6.07, 6.45) is 0. The molecule has 1 aromatic heterocycles. The molecule has 144 valence electrons. The first-order valence-electron chi connectivity index (χ1n) is 9.09. The number of benzene rings is 2. The van der Waals surface area contributed by atoms with Crippen molar-refractivity contribution in [3.63, 3.8) is 0 Å². The second-order valence-electron chi connectivity index (χ2n) is 6.77. The zero-order valence-corrected chi connectivity index (χ0v) is 17.1. The van der Waals surface area contributed by atoms with Gasteiger partial charge in [-0.25, -0.2) is 13.4 Å². The lowest BCUT2D eigenvalue weighted by atomic mass is 10.2. The minimum atomic E-state index is -3.54. The molecule has 0 saturated carbocycles. The van der Waals surface area contributed by atoms with E-state index in [4.69, 9.17) is 10.2 Å². The van der Waals surface area contributed by atoms with Crippen LogP contribution in [0.15, 0.2) is 53.4 Å². The standard InChI is InChI=1S/C20H20N4O2S2/c1-15(20-22-18-4-2-3-5-19(18)27-20)23-10-12-24(13-11-23)28(25,26)17-8-6-16(14-21)7-9-17/h2-9,15H,10-13H2,1H3. The number of sulfonamides is 1. The van der Waals surface area contributed by atoms with Crippen molar-refractivity contribution in [3.8, 4) is 6.07 Å². The van der Waals surface area contributed by atoms with Gasteiger partial charge in [-0.1, -0.05) is 12.1 Å². The average Bonchev–Trinajstić information content (AvgIpc) is 3.17. The molecule has 1 fully saturated rings. The van der Waals surface area contributed by atoms with E-state index in [9.17, 15) is 8.42 Å². The van der Waals surface area contributed by atoms with Crippen molar-refractivity contribution in [1.29, 1.82) is 5.26 Å². The van der Waals surface area contributed by atoms with Crippen LogP contribution >= 0.6 is 11.3 Å². The van der Waals surface area contributed by atoms with Gasteiger partial charge in [0.2, 0.25) is 10.0 Å². The third-order valence-electron chi connectivity index (χ3n) is 5.11. The highest BCUT2D eigenvalue weighted by atomic mass is 32.2. The quantitative estimate of drug-likeness (QED) is 0.657. The lowest BCUT2D eigenvalue weighted by Crippen LogP contribution is -2.49. The van der Waals surface area contributed by atoms with Crippen LogP contribution in [0.2, 0.25) is 0 Å². The van der Waals surface area contributed by atoms with E-state index in [1.807, 2.05) is 24.3 Å². The van der Waals surface area contributed by atoms with Crippen LogP contribution in [0.3, 0.4) is 0 Å². The topological polar surface area (TPSA) is 77.3 Å². The molecule has 8 heteroatoms. The first-order chi connectivity index (χ1) is 13.5. The summed E-state index contributed by atoms with van der Waals surface area (Å²) >= 11 is 1.69. The van der Waals surface area contributed by atoms with Crippen LogP contribution in [-0.2, 0) is 10.0 Å². The Balaban J connectivity index is 1.45. The Kier molecular flexibility index (Phi) is 5.17. The van der Waals surface area contributed by atoms with E-state index in [0.29, 0.717) is 31.7 Å². The summed E-state index contributed by atoms with van der Waals surface area (Å²) in [5.74, 6) is 0. The summed E-state index contributed by atoms with van der Waals surface area (Å²) < 4.78 is 28.4. The Hall–Kier alpha value is -2.31. The van der Waals surface area contributed by atoms with E-state index >= 15 is 0 Å². The van der Waals surface area contributed by atoms with Crippen LogP contribution in [-0.4, -0.2) is 48.8 Å². The van der Waals surface area contributed by atoms with E-state index in [1.165, 1.54) is 21.1 Å². The summed E-state index contributed by atoms with van der Waals surface area (Å²) in [6, 6.07) is 16.3. The molecule has 0 N–H and O–H groups in total. The lowest BCUT2D eigenvalue weighted by molar-refractivity contribution is 0.146. The first-order valence-corrected chi connectivity index (χ1v) is 11.3. The number of rotatable bonds is 4. The second kappa shape index (κ2) is 7.60. The van der Waals surface area contributed by atoms with Gasteiger partial charge in [0, 0.05) is 26.2 Å². The van der Waals surface area contributed by atoms with Crippen LogP contribution < -0.4 is 0 Å². The number of thiazole rings is 1. The van der Waals surface area contributed by atoms with Gasteiger partial charge in [-0.05, 0) is 43.3 Å². The molecule has 1 saturated heterocycles. The summed E-state index contributed by atoms with van der Waals surface area (Å²) in [6.45, 7) is 4.33. The van der Waals surface area contributed by atoms with Crippen molar-refractivity contribution in [3.05, 3.63) is 59.1 Å². The third-order valence-corrected chi connectivity index (χ3v) is 8.23. The van der Waals surface area contributed by atoms with Crippen molar-refractivity contribution in [2.24, 2.45) is 0 Å². The molecule has 0 aliphatic carbocycles. The number of aromatic nitrogens is 1. The smallest absolute Gasteiger partial charge is 0.243 e. The Morgan fingerprint density at radius 2 is 1.75 bits per heavy atom. The molecule has 28 heavy (non-hydrogen) atoms. The number of para-hydroxylation sites is 1. The Morgan fingerprint density at radius 3 is 2.39 bits per heavy atom. The number of piperazine rings is 1. The van der Waals surface area contributed by atoms with Gasteiger partial charge in [-0.2, -0.15) is 9.57 Å². The maximum absolute atomic E-state index is 12.9. The summed E-state index contributed by atoms with van der Waals surface area (Å²) in [7, 11) is -3.54. The normalized spacial score (nSPS) is 17.4. The molecule has 1 atom stereocenters. The number of hydrogen-bond donors (Lipinski definition) is 0. The number of nitriles is 1. The van der Waals surface area contributed by atoms with E-state index in [0.717, 1.165) is 10.5 Å². The average molecular weight is 413 g/mol. The molecule has 1 unspecified atom stereocenters. The van der Waals surface area contributed by atoms with Crippen molar-refractivity contribution < 1.29 is 8.42 Å². The first kappa shape index (κ1) is 19.0. The highest BCUT2D eigenvalue weighted by molar-refractivity contribution is 7.89. The Bertz CT molecular complexity index is 1090. The van der Waals surface area contributed by atoms with Crippen LogP contribution in [0.4, 0.5) is 0 Å². The Morgan fingerprint density at radius 1 is 1.07 bits per heavy atom. The zero-order valence-electron chi connectivity index (χ0n) is 15.4. The summed E-state index contributed by atoms with van der Waals surface area (Å²) in [5, 5.41) is 9.94. The van der Waals surface area contributed by atoms with Gasteiger partial charge in [0.15, 0.2) is 0 Å². The van der Waals surface area contributed by atoms with E-state index in [-0.39, 0.29) is 10.9 Å². The zero-order chi connectivity index (χ0) is 19.7. The molecule has 2 aromatic carbocycles. The minimum Gasteiger partial charge on any atom is -0.292 e. The summed E-state index contributed by atoms with van der Waals surface area (Å²) in [5.41, 5.74) is 1.46. The van der Waals surface area contributed by atoms with Crippen LogP contribution in [0.25, 0.3) is 10.2 Å². The van der Waals surface area contributed by atoms with E-state index in [2.05, 4.69) is 17.9 Å². The lowest BCUT2D eigenvalue weighted by Gasteiger charge is -2.36. The minimum absolute atomic E-state index is 0.150. The van der Waals surface area contributed by atoms with Gasteiger partial charge >= 0.3 is 0 Å². The monoisotopic (exact) mass is 412 g/mol. The summed E-state index contributed by atoms with van der Waals surface area (Å²) in [4.78, 5) is 7.25. The van der Waals surface area contributed by atoms with Gasteiger partial charge in [0.05, 0.1) is 32.8 Å². The predicted molar refractivity (Wildman–Crippen MR) is 110 cm³/mol. The molecular formula is C20H20N4O2S2. The molecule has 0 radical (unpaired) electrons. The molecule has 1 aliphatic rings. The second-order valence-corrected chi connectivity index (χ2v) is 9.77. The van der Waals surface area contributed by atoms with Gasteiger partial charge in [0.1, 0.15) is 5.01 Å². The molecule has 0 spiro atoms. The molecule has 6 nitrogen and oxygen atoms in total. The SMILES string of the molecule is CC(c1nc2ccccc2s1)N1CCN(S(=O)(=O)c2ccc(C#N)cc2)CC1. The van der Waals surface area contributed by atoms with Crippen molar-refractivity contribution >= 4 is 31.6 Å². The number of nitrogens with zero attached hydrogens (tertiary/aromatic N) is 4. The fraction of sp³-hybridized carbons (Fsp3) is 0.300. The molecule has 1 aliphatic heterocycles. The maximum Gasteiger partial charge on any atom is 0.243 e. The highest BCUT2D eigenvalue weighted by Crippen LogP contribution is 2.30. The van der Waals surface area contributed by atoms with Gasteiger partial charge in [-0.15, -0.1) is 11.3 Å². The van der Waals surface area contributed by atoms with Crippen LogP contribution in [0.5, 0.6) is 0 Å². The third kappa shape index (κ3) is 3.54. The fourth-order valence-corrected chi connectivity index (χ4v) is 5.88. The fourth-order valence-electron chi connectivity index (χ4n) is 3.41. The van der Waals surface area contributed by atoms with Gasteiger partial charge in [-0.3, -0.25) is 4.90 Å². The molecule has 3 aromatic rings. The number of hydrogen-bond acceptors (Lipinski definition) is 6. The Labute approximate surface area is 168 Å². The van der Waals surface area contributed by atoms with Crippen molar-refractivity contribution in [2.45, 2.75) is 17.9 Å². The van der Waals surface area contributed by atoms with E-state index in [1.54, 1.807) is 23.5 Å².